The fourth-order valence-electron chi connectivity index (χ4n) is 2.97. The largest absolute Gasteiger partial charge is 0.386 e. The average Bonchev–Trinajstić information content (AvgIpc) is 3.07. The predicted molar refractivity (Wildman–Crippen MR) is 105 cm³/mol. The Labute approximate surface area is 160 Å². The molecule has 0 unspecified atom stereocenters. The van der Waals surface area contributed by atoms with Crippen molar-refractivity contribution >= 4 is 46.0 Å². The first-order chi connectivity index (χ1) is 13.0. The minimum Gasteiger partial charge on any atom is -0.386 e. The van der Waals surface area contributed by atoms with Crippen LogP contribution in [0.4, 0.5) is 22.0 Å². The Hall–Kier alpha value is -2.84. The number of halogens is 1. The van der Waals surface area contributed by atoms with Crippen LogP contribution in [-0.4, -0.2) is 40.3 Å². The molecule has 140 valence electrons. The van der Waals surface area contributed by atoms with Crippen molar-refractivity contribution in [2.24, 2.45) is 0 Å². The third-order valence-corrected chi connectivity index (χ3v) is 4.62. The second kappa shape index (κ2) is 7.05. The second-order valence-corrected chi connectivity index (χ2v) is 6.80. The van der Waals surface area contributed by atoms with E-state index in [2.05, 4.69) is 25.9 Å². The van der Waals surface area contributed by atoms with E-state index in [1.165, 1.54) is 10.9 Å². The SMILES string of the molecule is CNc1cc2nc3c1ncn3C(=O)N[C@H](C)COCc1ccc(Cl)c(c1)N2. The Balaban J connectivity index is 1.88. The van der Waals surface area contributed by atoms with Gasteiger partial charge in [-0.2, -0.15) is 0 Å². The fraction of sp³-hybridized carbons (Fsp3) is 0.278. The first-order valence-corrected chi connectivity index (χ1v) is 8.93. The molecule has 0 fully saturated rings. The molecule has 27 heavy (non-hydrogen) atoms. The maximum Gasteiger partial charge on any atom is 0.328 e. The van der Waals surface area contributed by atoms with E-state index in [0.717, 1.165) is 11.3 Å². The van der Waals surface area contributed by atoms with E-state index < -0.39 is 0 Å². The molecule has 1 atom stereocenters. The molecule has 1 aromatic carbocycles. The lowest BCUT2D eigenvalue weighted by molar-refractivity contribution is 0.104. The summed E-state index contributed by atoms with van der Waals surface area (Å²) in [6.45, 7) is 2.68. The van der Waals surface area contributed by atoms with E-state index in [0.29, 0.717) is 40.9 Å². The van der Waals surface area contributed by atoms with E-state index in [4.69, 9.17) is 16.3 Å². The third-order valence-electron chi connectivity index (χ3n) is 4.29. The fourth-order valence-corrected chi connectivity index (χ4v) is 3.13. The van der Waals surface area contributed by atoms with E-state index in [-0.39, 0.29) is 12.1 Å². The van der Waals surface area contributed by atoms with E-state index in [9.17, 15) is 4.79 Å². The van der Waals surface area contributed by atoms with Gasteiger partial charge in [0.1, 0.15) is 17.7 Å². The summed E-state index contributed by atoms with van der Waals surface area (Å²) in [6, 6.07) is 7.00. The lowest BCUT2D eigenvalue weighted by atomic mass is 10.2. The molecule has 4 rings (SSSR count). The Kier molecular flexibility index (Phi) is 4.59. The van der Waals surface area contributed by atoms with Gasteiger partial charge in [0.25, 0.3) is 0 Å². The van der Waals surface area contributed by atoms with Gasteiger partial charge in [-0.05, 0) is 24.6 Å². The number of carbonyl (C=O) groups is 1. The Morgan fingerprint density at radius 3 is 3.04 bits per heavy atom. The molecule has 0 spiro atoms. The van der Waals surface area contributed by atoms with Gasteiger partial charge in [0, 0.05) is 13.1 Å². The maximum absolute atomic E-state index is 12.6. The summed E-state index contributed by atoms with van der Waals surface area (Å²) in [7, 11) is 1.79. The van der Waals surface area contributed by atoms with Crippen LogP contribution in [0.25, 0.3) is 11.2 Å². The Bertz CT molecular complexity index is 1020. The van der Waals surface area contributed by atoms with Crippen molar-refractivity contribution in [2.75, 3.05) is 24.3 Å². The van der Waals surface area contributed by atoms with Gasteiger partial charge in [0.15, 0.2) is 5.65 Å². The number of nitrogens with one attached hydrogen (secondary N) is 3. The molecule has 2 aromatic heterocycles. The minimum atomic E-state index is -0.311. The van der Waals surface area contributed by atoms with Gasteiger partial charge < -0.3 is 20.7 Å². The quantitative estimate of drug-likeness (QED) is 0.594. The molecule has 1 aliphatic heterocycles. The summed E-state index contributed by atoms with van der Waals surface area (Å²) >= 11 is 6.34. The highest BCUT2D eigenvalue weighted by Gasteiger charge is 2.18. The molecule has 1 aliphatic rings. The highest BCUT2D eigenvalue weighted by Crippen LogP contribution is 2.30. The Morgan fingerprint density at radius 1 is 1.37 bits per heavy atom. The second-order valence-electron chi connectivity index (χ2n) is 6.40. The zero-order chi connectivity index (χ0) is 19.0. The summed E-state index contributed by atoms with van der Waals surface area (Å²) in [4.78, 5) is 21.6. The van der Waals surface area contributed by atoms with Crippen molar-refractivity contribution in [3.05, 3.63) is 41.2 Å². The van der Waals surface area contributed by atoms with Crippen LogP contribution in [0.3, 0.4) is 0 Å². The molecular formula is C18H19ClN6O2. The van der Waals surface area contributed by atoms with Crippen molar-refractivity contribution in [3.63, 3.8) is 0 Å². The van der Waals surface area contributed by atoms with Gasteiger partial charge in [-0.1, -0.05) is 17.7 Å². The monoisotopic (exact) mass is 386 g/mol. The number of pyridine rings is 1. The molecule has 8 nitrogen and oxygen atoms in total. The van der Waals surface area contributed by atoms with Crippen LogP contribution in [0.2, 0.25) is 5.02 Å². The summed E-state index contributed by atoms with van der Waals surface area (Å²) in [5.74, 6) is 0.548. The number of hydrogen-bond donors (Lipinski definition) is 3. The first kappa shape index (κ1) is 17.6. The smallest absolute Gasteiger partial charge is 0.328 e. The zero-order valence-electron chi connectivity index (χ0n) is 14.9. The number of hydrogen-bond acceptors (Lipinski definition) is 6. The van der Waals surface area contributed by atoms with Gasteiger partial charge in [-0.15, -0.1) is 0 Å². The van der Waals surface area contributed by atoms with Crippen LogP contribution in [0.5, 0.6) is 0 Å². The van der Waals surface area contributed by atoms with E-state index in [1.54, 1.807) is 7.05 Å². The van der Waals surface area contributed by atoms with Crippen molar-refractivity contribution in [3.8, 4) is 0 Å². The number of aromatic nitrogens is 3. The molecule has 4 bridgehead atoms. The molecule has 0 aliphatic carbocycles. The molecule has 0 saturated carbocycles. The highest BCUT2D eigenvalue weighted by molar-refractivity contribution is 6.33. The van der Waals surface area contributed by atoms with Crippen LogP contribution < -0.4 is 16.0 Å². The summed E-state index contributed by atoms with van der Waals surface area (Å²) in [5, 5.41) is 9.79. The van der Waals surface area contributed by atoms with Crippen molar-refractivity contribution < 1.29 is 9.53 Å². The van der Waals surface area contributed by atoms with Crippen LogP contribution in [0.1, 0.15) is 12.5 Å². The predicted octanol–water partition coefficient (Wildman–Crippen LogP) is 3.35. The number of benzene rings is 1. The molecule has 0 radical (unpaired) electrons. The van der Waals surface area contributed by atoms with E-state index >= 15 is 0 Å². The first-order valence-electron chi connectivity index (χ1n) is 8.55. The number of rotatable bonds is 1. The van der Waals surface area contributed by atoms with Crippen LogP contribution in [-0.2, 0) is 11.3 Å². The van der Waals surface area contributed by atoms with Crippen molar-refractivity contribution in [1.82, 2.24) is 19.9 Å². The molecule has 3 aromatic rings. The molecule has 9 heteroatoms. The van der Waals surface area contributed by atoms with Gasteiger partial charge >= 0.3 is 6.03 Å². The lowest BCUT2D eigenvalue weighted by Gasteiger charge is -2.17. The number of fused-ring (bicyclic) bond motifs is 3. The van der Waals surface area contributed by atoms with Crippen LogP contribution >= 0.6 is 11.6 Å². The number of amides is 1. The number of ether oxygens (including phenoxy) is 1. The number of imidazole rings is 1. The molecule has 0 saturated heterocycles. The zero-order valence-corrected chi connectivity index (χ0v) is 15.7. The van der Waals surface area contributed by atoms with Crippen LogP contribution in [0, 0.1) is 0 Å². The van der Waals surface area contributed by atoms with Gasteiger partial charge in [0.05, 0.1) is 35.7 Å². The standard InChI is InChI=1S/C18H19ClN6O2/c1-10-7-27-8-11-3-4-12(19)13(5-11)23-15-6-14(20-2)16-17(24-15)25(9-21-16)18(26)22-10/h3-6,9-10H,7-8H2,1-2H3,(H,22,26)(H2,20,23,24)/t10-/m1/s1. The van der Waals surface area contributed by atoms with Gasteiger partial charge in [-0.25, -0.2) is 19.3 Å². The molecular weight excluding hydrogens is 368 g/mol. The third kappa shape index (κ3) is 3.41. The normalized spacial score (nSPS) is 17.3. The highest BCUT2D eigenvalue weighted by atomic mass is 35.5. The summed E-state index contributed by atoms with van der Waals surface area (Å²) < 4.78 is 7.11. The Morgan fingerprint density at radius 2 is 2.22 bits per heavy atom. The minimum absolute atomic E-state index is 0.172. The van der Waals surface area contributed by atoms with Crippen molar-refractivity contribution in [2.45, 2.75) is 19.6 Å². The van der Waals surface area contributed by atoms with Crippen molar-refractivity contribution in [1.29, 1.82) is 0 Å². The lowest BCUT2D eigenvalue weighted by Crippen LogP contribution is -2.38. The number of nitrogens with zero attached hydrogens (tertiary/aromatic N) is 3. The molecule has 3 N–H and O–H groups in total. The van der Waals surface area contributed by atoms with Gasteiger partial charge in [0.2, 0.25) is 0 Å². The molecule has 1 amide bonds. The van der Waals surface area contributed by atoms with Crippen LogP contribution in [0.15, 0.2) is 30.6 Å². The van der Waals surface area contributed by atoms with E-state index in [1.807, 2.05) is 31.2 Å². The summed E-state index contributed by atoms with van der Waals surface area (Å²) in [5.41, 5.74) is 3.49. The average molecular weight is 387 g/mol. The molecule has 3 heterocycles. The van der Waals surface area contributed by atoms with Gasteiger partial charge in [-0.3, -0.25) is 0 Å². The maximum atomic E-state index is 12.6. The summed E-state index contributed by atoms with van der Waals surface area (Å²) in [6.07, 6.45) is 1.46. The topological polar surface area (TPSA) is 93.1 Å². The number of carbonyl (C=O) groups excluding carboxylic acids is 1. The number of anilines is 3.